The maximum Gasteiger partial charge on any atom is 0.131 e. The molecular weight excluding hydrogens is 320 g/mol. The molecule has 2 aliphatic heterocycles. The van der Waals surface area contributed by atoms with E-state index in [1.807, 2.05) is 36.4 Å². The van der Waals surface area contributed by atoms with E-state index >= 15 is 0 Å². The number of hydrogen-bond donors (Lipinski definition) is 0. The lowest BCUT2D eigenvalue weighted by atomic mass is 10.1. The molecule has 0 N–H and O–H groups in total. The van der Waals surface area contributed by atoms with E-state index in [9.17, 15) is 0 Å². The average molecular weight is 342 g/mol. The van der Waals surface area contributed by atoms with Gasteiger partial charge in [-0.25, -0.2) is 0 Å². The van der Waals surface area contributed by atoms with Crippen molar-refractivity contribution >= 4 is 0 Å². The third kappa shape index (κ3) is 4.06. The first-order chi connectivity index (χ1) is 12.2. The first kappa shape index (κ1) is 16.2. The van der Waals surface area contributed by atoms with Gasteiger partial charge in [0.15, 0.2) is 0 Å². The summed E-state index contributed by atoms with van der Waals surface area (Å²) in [5.41, 5.74) is 2.18. The van der Waals surface area contributed by atoms with Crippen molar-refractivity contribution in [3.63, 3.8) is 0 Å². The predicted octanol–water partition coefficient (Wildman–Crippen LogP) is 3.38. The minimum absolute atomic E-state index is 0.282. The summed E-state index contributed by atoms with van der Waals surface area (Å²) in [6.45, 7) is 1.62. The Bertz CT molecular complexity index is 686. The molecule has 2 aromatic rings. The van der Waals surface area contributed by atoms with Gasteiger partial charge in [-0.3, -0.25) is 0 Å². The van der Waals surface area contributed by atoms with Crippen molar-refractivity contribution in [2.75, 3.05) is 27.4 Å². The van der Waals surface area contributed by atoms with E-state index in [2.05, 4.69) is 0 Å². The Morgan fingerprint density at radius 2 is 1.24 bits per heavy atom. The smallest absolute Gasteiger partial charge is 0.131 e. The van der Waals surface area contributed by atoms with Crippen LogP contribution < -0.4 is 14.2 Å². The third-order valence-electron chi connectivity index (χ3n) is 4.46. The molecule has 25 heavy (non-hydrogen) atoms. The summed E-state index contributed by atoms with van der Waals surface area (Å²) < 4.78 is 27.7. The van der Waals surface area contributed by atoms with Gasteiger partial charge in [0.2, 0.25) is 0 Å². The molecule has 0 amide bonds. The van der Waals surface area contributed by atoms with Crippen LogP contribution in [0.4, 0.5) is 0 Å². The van der Waals surface area contributed by atoms with E-state index in [1.54, 1.807) is 14.2 Å². The van der Waals surface area contributed by atoms with E-state index in [1.165, 1.54) is 0 Å². The van der Waals surface area contributed by atoms with Gasteiger partial charge in [0.05, 0.1) is 39.6 Å². The van der Waals surface area contributed by atoms with E-state index in [0.717, 1.165) is 60.2 Å². The SMILES string of the molecule is COc1ccc(Oc2ccc(OC)cc2C[C@@H]2CO2)c(C[C@@H]2CO2)c1. The van der Waals surface area contributed by atoms with Crippen molar-refractivity contribution in [1.82, 2.24) is 0 Å². The summed E-state index contributed by atoms with van der Waals surface area (Å²) in [6.07, 6.45) is 2.21. The predicted molar refractivity (Wildman–Crippen MR) is 93.0 cm³/mol. The topological polar surface area (TPSA) is 52.8 Å². The second kappa shape index (κ2) is 6.94. The zero-order chi connectivity index (χ0) is 17.2. The highest BCUT2D eigenvalue weighted by Gasteiger charge is 2.26. The van der Waals surface area contributed by atoms with Crippen molar-refractivity contribution in [3.8, 4) is 23.0 Å². The lowest BCUT2D eigenvalue weighted by Gasteiger charge is -2.15. The Morgan fingerprint density at radius 3 is 1.60 bits per heavy atom. The normalized spacial score (nSPS) is 20.9. The van der Waals surface area contributed by atoms with Gasteiger partial charge in [-0.15, -0.1) is 0 Å². The first-order valence-corrected chi connectivity index (χ1v) is 8.50. The molecule has 4 rings (SSSR count). The van der Waals surface area contributed by atoms with E-state index in [4.69, 9.17) is 23.7 Å². The van der Waals surface area contributed by atoms with E-state index in [-0.39, 0.29) is 12.2 Å². The summed E-state index contributed by atoms with van der Waals surface area (Å²) in [5, 5.41) is 0. The van der Waals surface area contributed by atoms with E-state index in [0.29, 0.717) is 0 Å². The third-order valence-corrected chi connectivity index (χ3v) is 4.46. The molecule has 2 saturated heterocycles. The van der Waals surface area contributed by atoms with Crippen molar-refractivity contribution in [1.29, 1.82) is 0 Å². The molecule has 2 aromatic carbocycles. The summed E-state index contributed by atoms with van der Waals surface area (Å²) in [4.78, 5) is 0. The minimum atomic E-state index is 0.282. The van der Waals surface area contributed by atoms with Gasteiger partial charge in [-0.05, 0) is 36.4 Å². The molecule has 2 atom stereocenters. The maximum absolute atomic E-state index is 6.27. The van der Waals surface area contributed by atoms with Crippen molar-refractivity contribution in [2.45, 2.75) is 25.0 Å². The monoisotopic (exact) mass is 342 g/mol. The second-order valence-corrected chi connectivity index (χ2v) is 6.37. The highest BCUT2D eigenvalue weighted by atomic mass is 16.6. The molecule has 0 bridgehead atoms. The first-order valence-electron chi connectivity index (χ1n) is 8.50. The molecule has 2 heterocycles. The Labute approximate surface area is 147 Å². The molecule has 0 unspecified atom stereocenters. The van der Waals surface area contributed by atoms with Gasteiger partial charge in [0, 0.05) is 24.0 Å². The molecule has 2 fully saturated rings. The molecule has 0 aliphatic carbocycles. The Kier molecular flexibility index (Phi) is 4.51. The number of benzene rings is 2. The van der Waals surface area contributed by atoms with Gasteiger partial charge in [0.1, 0.15) is 23.0 Å². The fourth-order valence-corrected chi connectivity index (χ4v) is 2.86. The van der Waals surface area contributed by atoms with E-state index < -0.39 is 0 Å². The average Bonchev–Trinajstić information content (AvgIpc) is 3.54. The van der Waals surface area contributed by atoms with Crippen LogP contribution in [-0.2, 0) is 22.3 Å². The molecule has 5 nitrogen and oxygen atoms in total. The number of ether oxygens (including phenoxy) is 5. The number of rotatable bonds is 8. The molecule has 132 valence electrons. The lowest BCUT2D eigenvalue weighted by Crippen LogP contribution is -2.01. The van der Waals surface area contributed by atoms with Crippen LogP contribution in [0.5, 0.6) is 23.0 Å². The summed E-state index contributed by atoms with van der Waals surface area (Å²) in [6, 6.07) is 11.8. The number of epoxide rings is 2. The quantitative estimate of drug-likeness (QED) is 0.689. The van der Waals surface area contributed by atoms with Crippen LogP contribution >= 0.6 is 0 Å². The van der Waals surface area contributed by atoms with Crippen molar-refractivity contribution < 1.29 is 23.7 Å². The molecule has 5 heteroatoms. The molecule has 0 spiro atoms. The zero-order valence-corrected chi connectivity index (χ0v) is 14.5. The van der Waals surface area contributed by atoms with Crippen LogP contribution in [0.2, 0.25) is 0 Å². The summed E-state index contributed by atoms with van der Waals surface area (Å²) in [7, 11) is 3.34. The second-order valence-electron chi connectivity index (χ2n) is 6.37. The summed E-state index contributed by atoms with van der Waals surface area (Å²) in [5.74, 6) is 3.31. The standard InChI is InChI=1S/C20H22O5/c1-21-15-3-5-19(13(7-15)9-17-11-23-17)25-20-6-4-16(22-2)8-14(20)10-18-12-24-18/h3-8,17-18H,9-12H2,1-2H3/t17-,18-/m1/s1. The molecule has 0 radical (unpaired) electrons. The number of hydrogen-bond acceptors (Lipinski definition) is 5. The maximum atomic E-state index is 6.27. The largest absolute Gasteiger partial charge is 0.497 e. The van der Waals surface area contributed by atoms with Crippen molar-refractivity contribution in [2.24, 2.45) is 0 Å². The van der Waals surface area contributed by atoms with Crippen LogP contribution in [0.1, 0.15) is 11.1 Å². The summed E-state index contributed by atoms with van der Waals surface area (Å²) >= 11 is 0. The molecular formula is C20H22O5. The van der Waals surface area contributed by atoms with Crippen LogP contribution in [-0.4, -0.2) is 39.6 Å². The highest BCUT2D eigenvalue weighted by molar-refractivity contribution is 5.47. The molecule has 0 saturated carbocycles. The molecule has 0 aromatic heterocycles. The van der Waals surface area contributed by atoms with Gasteiger partial charge in [0.25, 0.3) is 0 Å². The van der Waals surface area contributed by atoms with Gasteiger partial charge in [-0.2, -0.15) is 0 Å². The fourth-order valence-electron chi connectivity index (χ4n) is 2.86. The fraction of sp³-hybridized carbons (Fsp3) is 0.400. The minimum Gasteiger partial charge on any atom is -0.497 e. The van der Waals surface area contributed by atoms with Crippen LogP contribution in [0, 0.1) is 0 Å². The van der Waals surface area contributed by atoms with Crippen LogP contribution in [0.3, 0.4) is 0 Å². The van der Waals surface area contributed by atoms with Gasteiger partial charge in [-0.1, -0.05) is 0 Å². The van der Waals surface area contributed by atoms with Crippen LogP contribution in [0.25, 0.3) is 0 Å². The number of methoxy groups -OCH3 is 2. The Morgan fingerprint density at radius 1 is 0.800 bits per heavy atom. The zero-order valence-electron chi connectivity index (χ0n) is 14.5. The van der Waals surface area contributed by atoms with Crippen molar-refractivity contribution in [3.05, 3.63) is 47.5 Å². The highest BCUT2D eigenvalue weighted by Crippen LogP contribution is 2.35. The molecule has 2 aliphatic rings. The Hall–Kier alpha value is -2.24. The van der Waals surface area contributed by atoms with Gasteiger partial charge >= 0.3 is 0 Å². The van der Waals surface area contributed by atoms with Crippen LogP contribution in [0.15, 0.2) is 36.4 Å². The lowest BCUT2D eigenvalue weighted by molar-refractivity contribution is 0.392. The Balaban J connectivity index is 1.62. The van der Waals surface area contributed by atoms with Gasteiger partial charge < -0.3 is 23.7 Å².